The first-order valence-electron chi connectivity index (χ1n) is 8.73. The van der Waals surface area contributed by atoms with Gasteiger partial charge in [0, 0.05) is 42.3 Å². The highest BCUT2D eigenvalue weighted by atomic mass is 35.5. The molecule has 0 spiro atoms. The molecule has 0 aliphatic rings. The zero-order valence-corrected chi connectivity index (χ0v) is 16.1. The van der Waals surface area contributed by atoms with Crippen LogP contribution >= 0.6 is 11.6 Å². The number of ether oxygens (including phenoxy) is 2. The third-order valence-electron chi connectivity index (χ3n) is 3.84. The van der Waals surface area contributed by atoms with E-state index in [1.54, 1.807) is 14.0 Å². The van der Waals surface area contributed by atoms with Gasteiger partial charge in [-0.1, -0.05) is 41.9 Å². The normalized spacial score (nSPS) is 12.0. The number of aliphatic hydroxyl groups excluding tert-OH is 1. The number of hydrogen-bond donors (Lipinski definition) is 3. The monoisotopic (exact) mass is 378 g/mol. The second kappa shape index (κ2) is 11.0. The van der Waals surface area contributed by atoms with Crippen molar-refractivity contribution in [3.63, 3.8) is 0 Å². The summed E-state index contributed by atoms with van der Waals surface area (Å²) in [5, 5.41) is 16.5. The fraction of sp³-hybridized carbons (Fsp3) is 0.400. The third-order valence-corrected chi connectivity index (χ3v) is 4.21. The molecule has 0 amide bonds. The van der Waals surface area contributed by atoms with Gasteiger partial charge in [-0.2, -0.15) is 0 Å². The summed E-state index contributed by atoms with van der Waals surface area (Å²) in [6, 6.07) is 13.5. The van der Waals surface area contributed by atoms with Gasteiger partial charge in [0.05, 0.1) is 13.2 Å². The van der Waals surface area contributed by atoms with Crippen LogP contribution in [0.3, 0.4) is 0 Å². The summed E-state index contributed by atoms with van der Waals surface area (Å²) < 4.78 is 11.5. The molecule has 2 rings (SSSR count). The van der Waals surface area contributed by atoms with Crippen molar-refractivity contribution < 1.29 is 14.6 Å². The molecule has 0 aliphatic heterocycles. The standard InChI is InChI=1S/C20H27ClN2O3/c1-15(24)12-22-10-11-23-13-16-7-5-9-19(25-2)20(16)26-14-17-6-3-4-8-18(17)21/h3-9,15,22-24H,10-14H2,1-2H3/t15-/m1/s1. The van der Waals surface area contributed by atoms with Gasteiger partial charge >= 0.3 is 0 Å². The molecule has 2 aromatic rings. The summed E-state index contributed by atoms with van der Waals surface area (Å²) in [4.78, 5) is 0. The highest BCUT2D eigenvalue weighted by Crippen LogP contribution is 2.32. The van der Waals surface area contributed by atoms with Crippen molar-refractivity contribution >= 4 is 11.6 Å². The van der Waals surface area contributed by atoms with Crippen LogP contribution < -0.4 is 20.1 Å². The number of aliphatic hydroxyl groups is 1. The lowest BCUT2D eigenvalue weighted by Crippen LogP contribution is -2.31. The van der Waals surface area contributed by atoms with Crippen LogP contribution in [0.4, 0.5) is 0 Å². The second-order valence-corrected chi connectivity index (χ2v) is 6.47. The predicted octanol–water partition coefficient (Wildman–Crippen LogP) is 2.99. The van der Waals surface area contributed by atoms with E-state index in [4.69, 9.17) is 21.1 Å². The summed E-state index contributed by atoms with van der Waals surface area (Å²) >= 11 is 6.21. The predicted molar refractivity (Wildman–Crippen MR) is 105 cm³/mol. The Labute approximate surface area is 160 Å². The summed E-state index contributed by atoms with van der Waals surface area (Å²) in [7, 11) is 1.63. The van der Waals surface area contributed by atoms with Gasteiger partial charge in [0.15, 0.2) is 11.5 Å². The van der Waals surface area contributed by atoms with Crippen molar-refractivity contribution in [3.05, 3.63) is 58.6 Å². The Morgan fingerprint density at radius 3 is 2.50 bits per heavy atom. The number of hydrogen-bond acceptors (Lipinski definition) is 5. The molecule has 3 N–H and O–H groups in total. The minimum Gasteiger partial charge on any atom is -0.493 e. The van der Waals surface area contributed by atoms with Crippen LogP contribution in [0, 0.1) is 0 Å². The van der Waals surface area contributed by atoms with Crippen molar-refractivity contribution in [1.29, 1.82) is 0 Å². The first-order chi connectivity index (χ1) is 12.6. The molecule has 142 valence electrons. The minimum absolute atomic E-state index is 0.335. The molecule has 0 saturated carbocycles. The van der Waals surface area contributed by atoms with E-state index in [0.717, 1.165) is 30.0 Å². The maximum atomic E-state index is 9.23. The van der Waals surface area contributed by atoms with E-state index < -0.39 is 0 Å². The van der Waals surface area contributed by atoms with Gasteiger partial charge in [0.25, 0.3) is 0 Å². The van der Waals surface area contributed by atoms with Crippen LogP contribution in [0.1, 0.15) is 18.1 Å². The number of para-hydroxylation sites is 1. The lowest BCUT2D eigenvalue weighted by Gasteiger charge is -2.16. The lowest BCUT2D eigenvalue weighted by atomic mass is 10.1. The molecule has 0 saturated heterocycles. The number of benzene rings is 2. The highest BCUT2D eigenvalue weighted by molar-refractivity contribution is 6.31. The summed E-state index contributed by atoms with van der Waals surface area (Å²) in [6.45, 7) is 4.96. The van der Waals surface area contributed by atoms with Crippen LogP contribution in [-0.2, 0) is 13.2 Å². The quantitative estimate of drug-likeness (QED) is 0.525. The van der Waals surface area contributed by atoms with E-state index in [2.05, 4.69) is 10.6 Å². The van der Waals surface area contributed by atoms with E-state index >= 15 is 0 Å². The van der Waals surface area contributed by atoms with Crippen LogP contribution in [0.5, 0.6) is 11.5 Å². The van der Waals surface area contributed by atoms with E-state index in [1.165, 1.54) is 0 Å². The Morgan fingerprint density at radius 2 is 1.77 bits per heavy atom. The molecule has 26 heavy (non-hydrogen) atoms. The van der Waals surface area contributed by atoms with E-state index in [-0.39, 0.29) is 6.10 Å². The van der Waals surface area contributed by atoms with Crippen LogP contribution in [0.25, 0.3) is 0 Å². The van der Waals surface area contributed by atoms with Crippen molar-refractivity contribution in [2.75, 3.05) is 26.7 Å². The fourth-order valence-corrected chi connectivity index (χ4v) is 2.69. The van der Waals surface area contributed by atoms with Gasteiger partial charge in [-0.3, -0.25) is 0 Å². The molecule has 2 aromatic carbocycles. The molecule has 0 aliphatic carbocycles. The molecule has 0 aromatic heterocycles. The molecule has 0 unspecified atom stereocenters. The molecule has 5 nitrogen and oxygen atoms in total. The van der Waals surface area contributed by atoms with Gasteiger partial charge in [-0.25, -0.2) is 0 Å². The Kier molecular flexibility index (Phi) is 8.71. The summed E-state index contributed by atoms with van der Waals surface area (Å²) in [5.41, 5.74) is 1.95. The average molecular weight is 379 g/mol. The Morgan fingerprint density at radius 1 is 1.04 bits per heavy atom. The van der Waals surface area contributed by atoms with Gasteiger partial charge < -0.3 is 25.2 Å². The van der Waals surface area contributed by atoms with Gasteiger partial charge in [-0.15, -0.1) is 0 Å². The molecular formula is C20H27ClN2O3. The smallest absolute Gasteiger partial charge is 0.166 e. The van der Waals surface area contributed by atoms with E-state index in [0.29, 0.717) is 30.5 Å². The molecule has 0 radical (unpaired) electrons. The van der Waals surface area contributed by atoms with Crippen LogP contribution in [0.15, 0.2) is 42.5 Å². The summed E-state index contributed by atoms with van der Waals surface area (Å²) in [5.74, 6) is 1.42. The average Bonchev–Trinajstić information content (AvgIpc) is 2.64. The van der Waals surface area contributed by atoms with Crippen molar-refractivity contribution in [2.45, 2.75) is 26.2 Å². The molecule has 0 heterocycles. The number of halogens is 1. The van der Waals surface area contributed by atoms with Crippen LogP contribution in [0.2, 0.25) is 5.02 Å². The maximum absolute atomic E-state index is 9.23. The SMILES string of the molecule is COc1cccc(CNCCNC[C@@H](C)O)c1OCc1ccccc1Cl. The maximum Gasteiger partial charge on any atom is 0.166 e. The zero-order valence-electron chi connectivity index (χ0n) is 15.3. The lowest BCUT2D eigenvalue weighted by molar-refractivity contribution is 0.191. The van der Waals surface area contributed by atoms with E-state index in [1.807, 2.05) is 42.5 Å². The number of methoxy groups -OCH3 is 1. The molecular weight excluding hydrogens is 352 g/mol. The van der Waals surface area contributed by atoms with Crippen molar-refractivity contribution in [2.24, 2.45) is 0 Å². The fourth-order valence-electron chi connectivity index (χ4n) is 2.50. The molecule has 6 heteroatoms. The van der Waals surface area contributed by atoms with Crippen molar-refractivity contribution in [1.82, 2.24) is 10.6 Å². The van der Waals surface area contributed by atoms with Gasteiger partial charge in [0.1, 0.15) is 6.61 Å². The first kappa shape index (κ1) is 20.5. The largest absolute Gasteiger partial charge is 0.493 e. The Balaban J connectivity index is 1.95. The molecule has 0 bridgehead atoms. The topological polar surface area (TPSA) is 62.8 Å². The first-order valence-corrected chi connectivity index (χ1v) is 9.11. The van der Waals surface area contributed by atoms with Gasteiger partial charge in [0.2, 0.25) is 0 Å². The van der Waals surface area contributed by atoms with E-state index in [9.17, 15) is 5.11 Å². The molecule has 0 fully saturated rings. The zero-order chi connectivity index (χ0) is 18.8. The minimum atomic E-state index is -0.335. The van der Waals surface area contributed by atoms with Crippen LogP contribution in [-0.4, -0.2) is 38.0 Å². The highest BCUT2D eigenvalue weighted by Gasteiger charge is 2.11. The number of nitrogens with one attached hydrogen (secondary N) is 2. The molecule has 1 atom stereocenters. The summed E-state index contributed by atoms with van der Waals surface area (Å²) in [6.07, 6.45) is -0.335. The third kappa shape index (κ3) is 6.50. The Bertz CT molecular complexity index is 680. The number of rotatable bonds is 11. The van der Waals surface area contributed by atoms with Crippen molar-refractivity contribution in [3.8, 4) is 11.5 Å². The van der Waals surface area contributed by atoms with Gasteiger partial charge in [-0.05, 0) is 19.1 Å². The Hall–Kier alpha value is -1.79. The second-order valence-electron chi connectivity index (χ2n) is 6.06.